The van der Waals surface area contributed by atoms with E-state index < -0.39 is 10.8 Å². The van der Waals surface area contributed by atoms with Crippen LogP contribution in [0.2, 0.25) is 10.0 Å². The summed E-state index contributed by atoms with van der Waals surface area (Å²) in [5.74, 6) is -0.390. The normalized spacial score (nSPS) is 12.2. The van der Waals surface area contributed by atoms with Gasteiger partial charge in [-0.25, -0.2) is 0 Å². The summed E-state index contributed by atoms with van der Waals surface area (Å²) in [6.45, 7) is 0. The van der Waals surface area contributed by atoms with Crippen molar-refractivity contribution in [1.82, 2.24) is 0 Å². The average molecular weight is 392 g/mol. The molecule has 1 atom stereocenters. The lowest BCUT2D eigenvalue weighted by Gasteiger charge is -2.07. The van der Waals surface area contributed by atoms with Crippen molar-refractivity contribution in [1.29, 1.82) is 0 Å². The Bertz CT molecular complexity index is 668. The molecule has 0 N–H and O–H groups in total. The summed E-state index contributed by atoms with van der Waals surface area (Å²) in [5.41, 5.74) is 0.490. The van der Waals surface area contributed by atoms with Gasteiger partial charge in [-0.1, -0.05) is 63.4 Å². The van der Waals surface area contributed by atoms with Crippen LogP contribution in [0.5, 0.6) is 0 Å². The Morgan fingerprint density at radius 3 is 2.25 bits per heavy atom. The third-order valence-electron chi connectivity index (χ3n) is 2.58. The Hall–Kier alpha value is -0.680. The van der Waals surface area contributed by atoms with E-state index in [2.05, 4.69) is 15.9 Å². The maximum Gasteiger partial charge on any atom is 0.176 e. The number of carbonyl (C=O) groups excluding carboxylic acids is 1. The predicted molar refractivity (Wildman–Crippen MR) is 86.2 cm³/mol. The Morgan fingerprint density at radius 1 is 1.05 bits per heavy atom. The van der Waals surface area contributed by atoms with Crippen molar-refractivity contribution in [3.63, 3.8) is 0 Å². The quantitative estimate of drug-likeness (QED) is 0.705. The van der Waals surface area contributed by atoms with Gasteiger partial charge in [0.1, 0.15) is 0 Å². The van der Waals surface area contributed by atoms with Gasteiger partial charge in [-0.3, -0.25) is 9.00 Å². The van der Waals surface area contributed by atoms with Gasteiger partial charge in [-0.05, 0) is 18.2 Å². The maximum absolute atomic E-state index is 12.3. The van der Waals surface area contributed by atoms with Gasteiger partial charge in [0.2, 0.25) is 0 Å². The number of halogens is 3. The topological polar surface area (TPSA) is 34.1 Å². The van der Waals surface area contributed by atoms with Gasteiger partial charge >= 0.3 is 0 Å². The summed E-state index contributed by atoms with van der Waals surface area (Å²) in [6.07, 6.45) is 0. The van der Waals surface area contributed by atoms with Crippen molar-refractivity contribution in [3.05, 3.63) is 62.5 Å². The molecular formula is C14H9BrCl2O2S. The van der Waals surface area contributed by atoms with Crippen LogP contribution in [0.15, 0.2) is 51.8 Å². The molecule has 104 valence electrons. The molecule has 2 aromatic carbocycles. The summed E-state index contributed by atoms with van der Waals surface area (Å²) in [4.78, 5) is 12.5. The third-order valence-corrected chi connectivity index (χ3v) is 5.55. The summed E-state index contributed by atoms with van der Waals surface area (Å²) in [5, 5.41) is 0.603. The second kappa shape index (κ2) is 6.85. The molecule has 20 heavy (non-hydrogen) atoms. The molecular weight excluding hydrogens is 383 g/mol. The van der Waals surface area contributed by atoms with Crippen LogP contribution in [0, 0.1) is 0 Å². The van der Waals surface area contributed by atoms with Crippen molar-refractivity contribution < 1.29 is 9.00 Å². The van der Waals surface area contributed by atoms with Crippen LogP contribution in [-0.4, -0.2) is 15.7 Å². The lowest BCUT2D eigenvalue weighted by molar-refractivity contribution is 0.102. The van der Waals surface area contributed by atoms with Crippen molar-refractivity contribution >= 4 is 55.7 Å². The zero-order valence-electron chi connectivity index (χ0n) is 10.1. The molecule has 1 unspecified atom stereocenters. The first-order chi connectivity index (χ1) is 9.50. The van der Waals surface area contributed by atoms with Crippen LogP contribution in [-0.2, 0) is 10.8 Å². The predicted octanol–water partition coefficient (Wildman–Crippen LogP) is 4.75. The molecule has 0 aliphatic carbocycles. The second-order valence-corrected chi connectivity index (χ2v) is 7.00. The highest BCUT2D eigenvalue weighted by Crippen LogP contribution is 2.28. The molecule has 0 amide bonds. The molecule has 0 radical (unpaired) electrons. The second-order valence-electron chi connectivity index (χ2n) is 3.94. The van der Waals surface area contributed by atoms with Crippen LogP contribution < -0.4 is 0 Å². The van der Waals surface area contributed by atoms with E-state index in [1.807, 2.05) is 6.07 Å². The van der Waals surface area contributed by atoms with E-state index in [1.165, 1.54) is 0 Å². The molecule has 0 aliphatic rings. The van der Waals surface area contributed by atoms with Crippen LogP contribution in [0.3, 0.4) is 0 Å². The van der Waals surface area contributed by atoms with Crippen LogP contribution in [0.25, 0.3) is 0 Å². The van der Waals surface area contributed by atoms with Crippen molar-refractivity contribution in [2.24, 2.45) is 0 Å². The van der Waals surface area contributed by atoms with Crippen molar-refractivity contribution in [2.75, 3.05) is 5.75 Å². The molecule has 0 saturated heterocycles. The van der Waals surface area contributed by atoms with E-state index in [1.54, 1.807) is 36.4 Å². The SMILES string of the molecule is O=C(CS(=O)c1c(Cl)cccc1Cl)c1ccccc1Br. The molecule has 0 heterocycles. The molecule has 0 saturated carbocycles. The highest BCUT2D eigenvalue weighted by atomic mass is 79.9. The van der Waals surface area contributed by atoms with E-state index >= 15 is 0 Å². The minimum atomic E-state index is -1.58. The molecule has 6 heteroatoms. The zero-order chi connectivity index (χ0) is 14.7. The minimum absolute atomic E-state index is 0.161. The minimum Gasteiger partial charge on any atom is -0.293 e. The number of benzene rings is 2. The number of carbonyl (C=O) groups is 1. The molecule has 2 nitrogen and oxygen atoms in total. The highest BCUT2D eigenvalue weighted by molar-refractivity contribution is 9.10. The number of rotatable bonds is 4. The fourth-order valence-electron chi connectivity index (χ4n) is 1.66. The molecule has 0 aromatic heterocycles. The van der Waals surface area contributed by atoms with Crippen LogP contribution >= 0.6 is 39.1 Å². The molecule has 2 rings (SSSR count). The van der Waals surface area contributed by atoms with E-state index in [0.717, 1.165) is 0 Å². The first-order valence-electron chi connectivity index (χ1n) is 5.61. The van der Waals surface area contributed by atoms with E-state index in [9.17, 15) is 9.00 Å². The third kappa shape index (κ3) is 3.50. The van der Waals surface area contributed by atoms with E-state index in [4.69, 9.17) is 23.2 Å². The van der Waals surface area contributed by atoms with Crippen molar-refractivity contribution in [2.45, 2.75) is 4.90 Å². The van der Waals surface area contributed by atoms with Gasteiger partial charge in [0.05, 0.1) is 31.5 Å². The van der Waals surface area contributed by atoms with E-state index in [-0.39, 0.29) is 11.5 Å². The van der Waals surface area contributed by atoms with Gasteiger partial charge in [-0.2, -0.15) is 0 Å². The summed E-state index contributed by atoms with van der Waals surface area (Å²) in [7, 11) is -1.58. The standard InChI is InChI=1S/C14H9BrCl2O2S/c15-10-5-2-1-4-9(10)13(18)8-20(19)14-11(16)6-3-7-12(14)17/h1-7H,8H2. The molecule has 2 aromatic rings. The number of hydrogen-bond acceptors (Lipinski definition) is 2. The fraction of sp³-hybridized carbons (Fsp3) is 0.0714. The van der Waals surface area contributed by atoms with Gasteiger partial charge < -0.3 is 0 Å². The number of hydrogen-bond donors (Lipinski definition) is 0. The van der Waals surface area contributed by atoms with Gasteiger partial charge in [0, 0.05) is 10.0 Å². The van der Waals surface area contributed by atoms with Crippen molar-refractivity contribution in [3.8, 4) is 0 Å². The lowest BCUT2D eigenvalue weighted by atomic mass is 10.1. The zero-order valence-corrected chi connectivity index (χ0v) is 14.0. The average Bonchev–Trinajstić information content (AvgIpc) is 2.38. The molecule has 0 fully saturated rings. The first kappa shape index (κ1) is 15.7. The first-order valence-corrected chi connectivity index (χ1v) is 8.47. The fourth-order valence-corrected chi connectivity index (χ4v) is 4.19. The number of ketones is 1. The largest absolute Gasteiger partial charge is 0.293 e. The van der Waals surface area contributed by atoms with Gasteiger partial charge in [0.25, 0.3) is 0 Å². The summed E-state index contributed by atoms with van der Waals surface area (Å²) < 4.78 is 13.0. The van der Waals surface area contributed by atoms with Gasteiger partial charge in [0.15, 0.2) is 5.78 Å². The summed E-state index contributed by atoms with van der Waals surface area (Å²) >= 11 is 15.3. The maximum atomic E-state index is 12.3. The monoisotopic (exact) mass is 390 g/mol. The Kier molecular flexibility index (Phi) is 5.38. The number of Topliss-reactive ketones (excluding diaryl/α,β-unsaturated/α-hetero) is 1. The van der Waals surface area contributed by atoms with Gasteiger partial charge in [-0.15, -0.1) is 0 Å². The van der Waals surface area contributed by atoms with Crippen LogP contribution in [0.4, 0.5) is 0 Å². The molecule has 0 spiro atoms. The highest BCUT2D eigenvalue weighted by Gasteiger charge is 2.18. The summed E-state index contributed by atoms with van der Waals surface area (Å²) in [6, 6.07) is 11.9. The van der Waals surface area contributed by atoms with Crippen LogP contribution in [0.1, 0.15) is 10.4 Å². The molecule has 0 bridgehead atoms. The van der Waals surface area contributed by atoms with E-state index in [0.29, 0.717) is 25.0 Å². The smallest absolute Gasteiger partial charge is 0.176 e. The lowest BCUT2D eigenvalue weighted by Crippen LogP contribution is -2.12. The Balaban J connectivity index is 2.25. The Labute approximate surface area is 137 Å². The molecule has 0 aliphatic heterocycles. The Morgan fingerprint density at radius 2 is 1.65 bits per heavy atom.